The first kappa shape index (κ1) is 22.0. The minimum atomic E-state index is -4.17. The van der Waals surface area contributed by atoms with E-state index in [1.165, 1.54) is 0 Å². The number of benzene rings is 2. The van der Waals surface area contributed by atoms with E-state index >= 15 is 0 Å². The summed E-state index contributed by atoms with van der Waals surface area (Å²) in [7, 11) is -4.17. The topological polar surface area (TPSA) is 82.1 Å². The third-order valence-corrected chi connectivity index (χ3v) is 7.42. The summed E-state index contributed by atoms with van der Waals surface area (Å²) in [5.41, 5.74) is 1.53. The molecule has 0 aliphatic carbocycles. The van der Waals surface area contributed by atoms with Crippen molar-refractivity contribution in [1.82, 2.24) is 0 Å². The van der Waals surface area contributed by atoms with Crippen molar-refractivity contribution in [3.63, 3.8) is 0 Å². The van der Waals surface area contributed by atoms with E-state index in [1.807, 2.05) is 36.4 Å². The Morgan fingerprint density at radius 3 is 1.74 bits per heavy atom. The monoisotopic (exact) mass is 504 g/mol. The van der Waals surface area contributed by atoms with Crippen molar-refractivity contribution in [1.29, 1.82) is 0 Å². The van der Waals surface area contributed by atoms with Gasteiger partial charge in [-0.1, -0.05) is 74.5 Å². The van der Waals surface area contributed by atoms with E-state index in [0.717, 1.165) is 11.1 Å². The SMILES string of the molecule is CC(C)C(I)(OP(=O)(OCc1ccccc1)OCc1ccccc1)C(=O)O. The lowest BCUT2D eigenvalue weighted by molar-refractivity contribution is -0.150. The molecule has 0 amide bonds. The van der Waals surface area contributed by atoms with E-state index in [2.05, 4.69) is 0 Å². The number of carboxylic acid groups (broad SMARTS) is 1. The van der Waals surface area contributed by atoms with Gasteiger partial charge in [-0.25, -0.2) is 9.36 Å². The Bertz CT molecular complexity index is 736. The maximum Gasteiger partial charge on any atom is 0.477 e. The molecule has 2 aromatic carbocycles. The molecule has 1 unspecified atom stereocenters. The quantitative estimate of drug-likeness (QED) is 0.265. The zero-order chi connectivity index (χ0) is 19.9. The average Bonchev–Trinajstić information content (AvgIpc) is 2.66. The summed E-state index contributed by atoms with van der Waals surface area (Å²) in [5, 5.41) is 9.57. The molecule has 0 aromatic heterocycles. The van der Waals surface area contributed by atoms with Gasteiger partial charge in [-0.05, 0) is 33.7 Å². The first-order valence-corrected chi connectivity index (χ1v) is 10.9. The van der Waals surface area contributed by atoms with Gasteiger partial charge >= 0.3 is 13.8 Å². The highest BCUT2D eigenvalue weighted by Gasteiger charge is 2.48. The van der Waals surface area contributed by atoms with Crippen LogP contribution in [0.4, 0.5) is 0 Å². The van der Waals surface area contributed by atoms with Crippen molar-refractivity contribution >= 4 is 36.4 Å². The molecule has 0 spiro atoms. The van der Waals surface area contributed by atoms with Crippen molar-refractivity contribution in [2.24, 2.45) is 5.92 Å². The molecule has 0 aliphatic rings. The molecule has 2 rings (SSSR count). The van der Waals surface area contributed by atoms with Gasteiger partial charge in [0.25, 0.3) is 0 Å². The molecule has 0 saturated heterocycles. The number of hydrogen-bond donors (Lipinski definition) is 1. The molecular formula is C19H22IO6P. The fourth-order valence-corrected chi connectivity index (χ4v) is 4.23. The smallest absolute Gasteiger partial charge is 0.477 e. The standard InChI is InChI=1S/C19H22IO6P/c1-15(2)19(20,18(21)22)26-27(23,24-13-16-9-5-3-6-10-16)25-14-17-11-7-4-8-12-17/h3-12,15H,13-14H2,1-2H3,(H,21,22). The molecule has 0 radical (unpaired) electrons. The van der Waals surface area contributed by atoms with Crippen LogP contribution in [0.25, 0.3) is 0 Å². The van der Waals surface area contributed by atoms with E-state index < -0.39 is 23.3 Å². The van der Waals surface area contributed by atoms with Gasteiger partial charge in [0.2, 0.25) is 3.61 Å². The maximum absolute atomic E-state index is 13.2. The number of carboxylic acids is 1. The van der Waals surface area contributed by atoms with E-state index in [4.69, 9.17) is 13.6 Å². The van der Waals surface area contributed by atoms with Crippen LogP contribution in [0, 0.1) is 5.92 Å². The highest BCUT2D eigenvalue weighted by atomic mass is 127. The second-order valence-electron chi connectivity index (χ2n) is 6.16. The van der Waals surface area contributed by atoms with Crippen LogP contribution in [0.2, 0.25) is 0 Å². The summed E-state index contributed by atoms with van der Waals surface area (Å²) in [6.07, 6.45) is 0. The van der Waals surface area contributed by atoms with Gasteiger partial charge in [-0.3, -0.25) is 13.6 Å². The molecule has 1 atom stereocenters. The lowest BCUT2D eigenvalue weighted by Gasteiger charge is -2.30. The molecular weight excluding hydrogens is 482 g/mol. The summed E-state index contributed by atoms with van der Waals surface area (Å²) in [6.45, 7) is 3.27. The van der Waals surface area contributed by atoms with Crippen LogP contribution in [0.3, 0.4) is 0 Å². The van der Waals surface area contributed by atoms with Crippen molar-refractivity contribution in [2.75, 3.05) is 0 Å². The molecule has 2 aromatic rings. The van der Waals surface area contributed by atoms with Gasteiger partial charge < -0.3 is 5.11 Å². The van der Waals surface area contributed by atoms with Crippen molar-refractivity contribution in [3.8, 4) is 0 Å². The van der Waals surface area contributed by atoms with Crippen LogP contribution in [0.15, 0.2) is 60.7 Å². The minimum absolute atomic E-state index is 0.0304. The van der Waals surface area contributed by atoms with Crippen molar-refractivity contribution < 1.29 is 28.0 Å². The predicted octanol–water partition coefficient (Wildman–Crippen LogP) is 5.42. The number of phosphoric ester groups is 1. The summed E-state index contributed by atoms with van der Waals surface area (Å²) in [6, 6.07) is 18.2. The molecule has 0 bridgehead atoms. The Labute approximate surface area is 172 Å². The number of hydrogen-bond acceptors (Lipinski definition) is 5. The van der Waals surface area contributed by atoms with Crippen LogP contribution >= 0.6 is 30.4 Å². The Hall–Kier alpha value is -1.25. The van der Waals surface area contributed by atoms with Gasteiger partial charge in [0.15, 0.2) is 0 Å². The van der Waals surface area contributed by atoms with Gasteiger partial charge in [-0.15, -0.1) is 0 Å². The fraction of sp³-hybridized carbons (Fsp3) is 0.316. The van der Waals surface area contributed by atoms with E-state index in [-0.39, 0.29) is 13.2 Å². The molecule has 0 aliphatic heterocycles. The van der Waals surface area contributed by atoms with Gasteiger partial charge in [0.05, 0.1) is 13.2 Å². The number of alkyl halides is 1. The maximum atomic E-state index is 13.2. The first-order chi connectivity index (χ1) is 12.8. The zero-order valence-corrected chi connectivity index (χ0v) is 18.1. The molecule has 0 fully saturated rings. The van der Waals surface area contributed by atoms with Crippen LogP contribution in [0.1, 0.15) is 25.0 Å². The Balaban J connectivity index is 2.20. The van der Waals surface area contributed by atoms with E-state index in [0.29, 0.717) is 0 Å². The third kappa shape index (κ3) is 6.40. The Kier molecular flexibility index (Phi) is 8.00. The first-order valence-electron chi connectivity index (χ1n) is 8.35. The third-order valence-electron chi connectivity index (χ3n) is 3.74. The van der Waals surface area contributed by atoms with Crippen molar-refractivity contribution in [3.05, 3.63) is 71.8 Å². The minimum Gasteiger partial charge on any atom is -0.478 e. The van der Waals surface area contributed by atoms with Gasteiger partial charge in [0, 0.05) is 5.92 Å². The largest absolute Gasteiger partial charge is 0.478 e. The zero-order valence-electron chi connectivity index (χ0n) is 15.1. The fourth-order valence-electron chi connectivity index (χ4n) is 2.10. The highest BCUT2D eigenvalue weighted by molar-refractivity contribution is 14.1. The Morgan fingerprint density at radius 2 is 1.41 bits per heavy atom. The Morgan fingerprint density at radius 1 is 1.00 bits per heavy atom. The highest BCUT2D eigenvalue weighted by Crippen LogP contribution is 2.56. The summed E-state index contributed by atoms with van der Waals surface area (Å²) in [4.78, 5) is 11.7. The predicted molar refractivity (Wildman–Crippen MR) is 110 cm³/mol. The molecule has 8 heteroatoms. The van der Waals surface area contributed by atoms with Gasteiger partial charge in [0.1, 0.15) is 0 Å². The summed E-state index contributed by atoms with van der Waals surface area (Å²) in [5.74, 6) is -1.71. The molecule has 1 N–H and O–H groups in total. The summed E-state index contributed by atoms with van der Waals surface area (Å²) < 4.78 is 27.9. The second-order valence-corrected chi connectivity index (χ2v) is 9.36. The molecule has 0 saturated carbocycles. The lowest BCUT2D eigenvalue weighted by atomic mass is 10.1. The molecule has 6 nitrogen and oxygen atoms in total. The lowest BCUT2D eigenvalue weighted by Crippen LogP contribution is -2.39. The van der Waals surface area contributed by atoms with Crippen LogP contribution in [-0.4, -0.2) is 14.7 Å². The molecule has 27 heavy (non-hydrogen) atoms. The normalized spacial score (nSPS) is 14.1. The van der Waals surface area contributed by atoms with E-state index in [1.54, 1.807) is 60.7 Å². The summed E-state index contributed by atoms with van der Waals surface area (Å²) >= 11 is 1.63. The number of phosphoric acid groups is 1. The van der Waals surface area contributed by atoms with Crippen LogP contribution < -0.4 is 0 Å². The van der Waals surface area contributed by atoms with Crippen molar-refractivity contribution in [2.45, 2.75) is 30.7 Å². The average molecular weight is 504 g/mol. The number of halogens is 1. The number of rotatable bonds is 10. The van der Waals surface area contributed by atoms with Gasteiger partial charge in [-0.2, -0.15) is 0 Å². The number of aliphatic carboxylic acids is 1. The van der Waals surface area contributed by atoms with E-state index in [9.17, 15) is 14.5 Å². The molecule has 146 valence electrons. The second kappa shape index (κ2) is 9.80. The molecule has 0 heterocycles. The van der Waals surface area contributed by atoms with Crippen LogP contribution in [-0.2, 0) is 36.1 Å². The number of carbonyl (C=O) groups is 1. The van der Waals surface area contributed by atoms with Crippen LogP contribution in [0.5, 0.6) is 0 Å².